The standard InChI is InChI=1S/C12H22N2O3/c1-6-7-9(2)13-11(17)14(8-10(15)16)12(3,4)5/h6,9H,1,7-8H2,2-5H3,(H,13,17)(H,15,16). The third-order valence-corrected chi connectivity index (χ3v) is 2.24. The van der Waals surface area contributed by atoms with Crippen molar-refractivity contribution in [2.75, 3.05) is 6.54 Å². The molecule has 0 saturated heterocycles. The second-order valence-corrected chi connectivity index (χ2v) is 5.03. The Morgan fingerprint density at radius 3 is 2.35 bits per heavy atom. The average molecular weight is 242 g/mol. The van der Waals surface area contributed by atoms with Gasteiger partial charge in [0.2, 0.25) is 0 Å². The van der Waals surface area contributed by atoms with Gasteiger partial charge in [0.15, 0.2) is 0 Å². The molecule has 0 heterocycles. The molecule has 0 spiro atoms. The quantitative estimate of drug-likeness (QED) is 0.723. The lowest BCUT2D eigenvalue weighted by molar-refractivity contribution is -0.138. The third-order valence-electron chi connectivity index (χ3n) is 2.24. The van der Waals surface area contributed by atoms with Crippen LogP contribution in [0.4, 0.5) is 4.79 Å². The van der Waals surface area contributed by atoms with Crippen molar-refractivity contribution in [2.24, 2.45) is 0 Å². The Bertz CT molecular complexity index is 295. The lowest BCUT2D eigenvalue weighted by atomic mass is 10.1. The Labute approximate surface area is 102 Å². The van der Waals surface area contributed by atoms with Gasteiger partial charge in [-0.15, -0.1) is 6.58 Å². The maximum absolute atomic E-state index is 11.9. The van der Waals surface area contributed by atoms with Crippen LogP contribution in [0.2, 0.25) is 0 Å². The van der Waals surface area contributed by atoms with Crippen LogP contribution in [0, 0.1) is 0 Å². The molecule has 2 N–H and O–H groups in total. The minimum atomic E-state index is -1.02. The van der Waals surface area contributed by atoms with Crippen molar-refractivity contribution in [1.29, 1.82) is 0 Å². The van der Waals surface area contributed by atoms with Crippen LogP contribution in [0.25, 0.3) is 0 Å². The average Bonchev–Trinajstić information content (AvgIpc) is 2.12. The Morgan fingerprint density at radius 1 is 1.47 bits per heavy atom. The molecule has 0 aromatic rings. The summed E-state index contributed by atoms with van der Waals surface area (Å²) in [6.07, 6.45) is 2.36. The van der Waals surface area contributed by atoms with E-state index in [9.17, 15) is 9.59 Å². The highest BCUT2D eigenvalue weighted by molar-refractivity contribution is 5.80. The van der Waals surface area contributed by atoms with Gasteiger partial charge in [-0.05, 0) is 34.1 Å². The second-order valence-electron chi connectivity index (χ2n) is 5.03. The lowest BCUT2D eigenvalue weighted by Gasteiger charge is -2.35. The summed E-state index contributed by atoms with van der Waals surface area (Å²) in [5.74, 6) is -1.02. The Balaban J connectivity index is 4.64. The number of amides is 2. The Morgan fingerprint density at radius 2 is 2.00 bits per heavy atom. The summed E-state index contributed by atoms with van der Waals surface area (Å²) < 4.78 is 0. The topological polar surface area (TPSA) is 69.6 Å². The summed E-state index contributed by atoms with van der Waals surface area (Å²) in [6, 6.07) is -0.423. The van der Waals surface area contributed by atoms with Gasteiger partial charge in [-0.1, -0.05) is 6.08 Å². The van der Waals surface area contributed by atoms with E-state index in [-0.39, 0.29) is 18.6 Å². The van der Waals surface area contributed by atoms with E-state index < -0.39 is 11.5 Å². The highest BCUT2D eigenvalue weighted by Gasteiger charge is 2.28. The number of rotatable bonds is 5. The molecule has 0 bridgehead atoms. The molecule has 5 nitrogen and oxygen atoms in total. The van der Waals surface area contributed by atoms with Crippen LogP contribution in [0.3, 0.4) is 0 Å². The van der Waals surface area contributed by atoms with Crippen molar-refractivity contribution < 1.29 is 14.7 Å². The fourth-order valence-corrected chi connectivity index (χ4v) is 1.35. The zero-order chi connectivity index (χ0) is 13.6. The fraction of sp³-hybridized carbons (Fsp3) is 0.667. The Kier molecular flexibility index (Phi) is 5.71. The van der Waals surface area contributed by atoms with E-state index in [0.29, 0.717) is 6.42 Å². The van der Waals surface area contributed by atoms with Crippen molar-refractivity contribution >= 4 is 12.0 Å². The van der Waals surface area contributed by atoms with Crippen LogP contribution in [0.1, 0.15) is 34.1 Å². The van der Waals surface area contributed by atoms with E-state index in [0.717, 1.165) is 0 Å². The molecule has 0 saturated carbocycles. The van der Waals surface area contributed by atoms with Crippen molar-refractivity contribution in [1.82, 2.24) is 10.2 Å². The van der Waals surface area contributed by atoms with Crippen LogP contribution in [0.5, 0.6) is 0 Å². The van der Waals surface area contributed by atoms with Crippen LogP contribution >= 0.6 is 0 Å². The first-order chi connectivity index (χ1) is 7.68. The van der Waals surface area contributed by atoms with Gasteiger partial charge in [-0.3, -0.25) is 4.79 Å². The van der Waals surface area contributed by atoms with Gasteiger partial charge in [-0.2, -0.15) is 0 Å². The van der Waals surface area contributed by atoms with E-state index in [1.807, 2.05) is 6.92 Å². The fourth-order valence-electron chi connectivity index (χ4n) is 1.35. The van der Waals surface area contributed by atoms with E-state index in [2.05, 4.69) is 11.9 Å². The number of carbonyl (C=O) groups is 2. The predicted octanol–water partition coefficient (Wildman–Crippen LogP) is 1.85. The molecule has 0 radical (unpaired) electrons. The van der Waals surface area contributed by atoms with Crippen molar-refractivity contribution in [2.45, 2.75) is 45.7 Å². The van der Waals surface area contributed by atoms with Gasteiger partial charge < -0.3 is 15.3 Å². The highest BCUT2D eigenvalue weighted by atomic mass is 16.4. The highest BCUT2D eigenvalue weighted by Crippen LogP contribution is 2.13. The summed E-state index contributed by atoms with van der Waals surface area (Å²) in [5.41, 5.74) is -0.531. The summed E-state index contributed by atoms with van der Waals surface area (Å²) in [5, 5.41) is 11.5. The molecule has 17 heavy (non-hydrogen) atoms. The van der Waals surface area contributed by atoms with Crippen LogP contribution in [-0.4, -0.2) is 40.1 Å². The first kappa shape index (κ1) is 15.5. The van der Waals surface area contributed by atoms with Crippen molar-refractivity contribution in [3.05, 3.63) is 12.7 Å². The first-order valence-corrected chi connectivity index (χ1v) is 5.59. The molecule has 0 rings (SSSR count). The number of carbonyl (C=O) groups excluding carboxylic acids is 1. The number of hydrogen-bond acceptors (Lipinski definition) is 2. The van der Waals surface area contributed by atoms with Crippen molar-refractivity contribution in [3.63, 3.8) is 0 Å². The molecule has 0 aliphatic heterocycles. The number of nitrogens with one attached hydrogen (secondary N) is 1. The van der Waals surface area contributed by atoms with Crippen molar-refractivity contribution in [3.8, 4) is 0 Å². The molecule has 2 amide bonds. The number of aliphatic carboxylic acids is 1. The van der Waals surface area contributed by atoms with Gasteiger partial charge in [0, 0.05) is 11.6 Å². The number of hydrogen-bond donors (Lipinski definition) is 2. The van der Waals surface area contributed by atoms with Crippen LogP contribution in [0.15, 0.2) is 12.7 Å². The molecule has 0 aliphatic rings. The first-order valence-electron chi connectivity index (χ1n) is 5.59. The van der Waals surface area contributed by atoms with Crippen LogP contribution < -0.4 is 5.32 Å². The zero-order valence-corrected chi connectivity index (χ0v) is 11.0. The number of urea groups is 1. The Hall–Kier alpha value is -1.52. The van der Waals surface area contributed by atoms with Gasteiger partial charge in [-0.25, -0.2) is 4.79 Å². The molecule has 0 aliphatic carbocycles. The van der Waals surface area contributed by atoms with Gasteiger partial charge in [0.1, 0.15) is 6.54 Å². The molecule has 0 aromatic heterocycles. The summed E-state index contributed by atoms with van der Waals surface area (Å²) in [7, 11) is 0. The van der Waals surface area contributed by atoms with E-state index >= 15 is 0 Å². The lowest BCUT2D eigenvalue weighted by Crippen LogP contribution is -2.54. The maximum Gasteiger partial charge on any atom is 0.323 e. The summed E-state index contributed by atoms with van der Waals surface area (Å²) in [4.78, 5) is 24.0. The molecule has 0 aromatic carbocycles. The SMILES string of the molecule is C=CCC(C)NC(=O)N(CC(=O)O)C(C)(C)C. The molecule has 98 valence electrons. The van der Waals surface area contributed by atoms with E-state index in [1.165, 1.54) is 4.90 Å². The van der Waals surface area contributed by atoms with Crippen LogP contribution in [-0.2, 0) is 4.79 Å². The molecule has 1 unspecified atom stereocenters. The number of carboxylic acids is 1. The minimum Gasteiger partial charge on any atom is -0.480 e. The number of nitrogens with zero attached hydrogens (tertiary/aromatic N) is 1. The largest absolute Gasteiger partial charge is 0.480 e. The van der Waals surface area contributed by atoms with Gasteiger partial charge in [0.25, 0.3) is 0 Å². The molecular formula is C12H22N2O3. The van der Waals surface area contributed by atoms with E-state index in [4.69, 9.17) is 5.11 Å². The predicted molar refractivity (Wildman–Crippen MR) is 66.9 cm³/mol. The second kappa shape index (κ2) is 6.27. The van der Waals surface area contributed by atoms with Gasteiger partial charge >= 0.3 is 12.0 Å². The molecular weight excluding hydrogens is 220 g/mol. The monoisotopic (exact) mass is 242 g/mol. The third kappa shape index (κ3) is 5.94. The molecule has 1 atom stereocenters. The zero-order valence-electron chi connectivity index (χ0n) is 11.0. The number of carboxylic acid groups (broad SMARTS) is 1. The van der Waals surface area contributed by atoms with E-state index in [1.54, 1.807) is 26.8 Å². The summed E-state index contributed by atoms with van der Waals surface area (Å²) >= 11 is 0. The molecule has 0 fully saturated rings. The smallest absolute Gasteiger partial charge is 0.323 e. The van der Waals surface area contributed by atoms with Gasteiger partial charge in [0.05, 0.1) is 0 Å². The maximum atomic E-state index is 11.9. The minimum absolute atomic E-state index is 0.0568. The molecule has 5 heteroatoms. The summed E-state index contributed by atoms with van der Waals surface area (Å²) in [6.45, 7) is 10.5. The normalized spacial score (nSPS) is 12.7.